The second-order valence-electron chi connectivity index (χ2n) is 6.64. The van der Waals surface area contributed by atoms with Crippen LogP contribution < -0.4 is 14.4 Å². The molecular weight excluding hydrogens is 468 g/mol. The van der Waals surface area contributed by atoms with Crippen molar-refractivity contribution >= 4 is 43.2 Å². The van der Waals surface area contributed by atoms with E-state index in [1.54, 1.807) is 49.4 Å². The van der Waals surface area contributed by atoms with Crippen LogP contribution in [0, 0.1) is 0 Å². The van der Waals surface area contributed by atoms with E-state index in [9.17, 15) is 13.2 Å². The monoisotopic (exact) mass is 488 g/mol. The number of hydrogen-bond donors (Lipinski definition) is 1. The molecule has 0 spiro atoms. The Hall–Kier alpha value is -2.84. The number of carbonyl (C=O) groups is 1. The normalized spacial score (nSPS) is 12.1. The van der Waals surface area contributed by atoms with Gasteiger partial charge in [-0.15, -0.1) is 0 Å². The lowest BCUT2D eigenvalue weighted by Crippen LogP contribution is -2.45. The molecule has 0 aliphatic carbocycles. The average molecular weight is 489 g/mol. The van der Waals surface area contributed by atoms with E-state index in [0.717, 1.165) is 15.0 Å². The topological polar surface area (TPSA) is 75.7 Å². The number of ether oxygens (including phenoxy) is 1. The zero-order valence-electron chi connectivity index (χ0n) is 16.4. The molecule has 8 heteroatoms. The number of benzene rings is 3. The van der Waals surface area contributed by atoms with Gasteiger partial charge in [-0.2, -0.15) is 0 Å². The summed E-state index contributed by atoms with van der Waals surface area (Å²) in [4.78, 5) is 12.7. The van der Waals surface area contributed by atoms with Crippen LogP contribution in [0.1, 0.15) is 6.92 Å². The van der Waals surface area contributed by atoms with E-state index < -0.39 is 22.0 Å². The molecule has 0 fully saturated rings. The van der Waals surface area contributed by atoms with Crippen LogP contribution in [0.5, 0.6) is 11.5 Å². The lowest BCUT2D eigenvalue weighted by atomic mass is 10.2. The highest BCUT2D eigenvalue weighted by Gasteiger charge is 2.29. The Morgan fingerprint density at radius 2 is 1.60 bits per heavy atom. The minimum atomic E-state index is -3.71. The molecule has 1 atom stereocenters. The van der Waals surface area contributed by atoms with Crippen molar-refractivity contribution in [1.82, 2.24) is 0 Å². The number of sulfonamides is 1. The maximum absolute atomic E-state index is 12.7. The standard InChI is InChI=1S/C22H21BrN2O4S/c1-16(22(26)24-18-8-6-7-17(23)15-18)25(30(2,27)28)19-11-13-21(14-12-19)29-20-9-4-3-5-10-20/h3-16H,1-2H3,(H,24,26)/t16-/m0/s1. The van der Waals surface area contributed by atoms with Crippen LogP contribution in [0.2, 0.25) is 0 Å². The number of carbonyl (C=O) groups excluding carboxylic acids is 1. The minimum Gasteiger partial charge on any atom is -0.457 e. The fourth-order valence-electron chi connectivity index (χ4n) is 2.91. The van der Waals surface area contributed by atoms with E-state index in [-0.39, 0.29) is 0 Å². The van der Waals surface area contributed by atoms with Gasteiger partial charge in [0.2, 0.25) is 15.9 Å². The first-order valence-corrected chi connectivity index (χ1v) is 11.8. The Balaban J connectivity index is 1.80. The molecule has 3 aromatic carbocycles. The SMILES string of the molecule is C[C@@H](C(=O)Nc1cccc(Br)c1)N(c1ccc(Oc2ccccc2)cc1)S(C)(=O)=O. The van der Waals surface area contributed by atoms with Crippen molar-refractivity contribution in [2.75, 3.05) is 15.9 Å². The predicted octanol–water partition coefficient (Wildman–Crippen LogP) is 5.03. The number of amides is 1. The third-order valence-electron chi connectivity index (χ3n) is 4.25. The van der Waals surface area contributed by atoms with Gasteiger partial charge in [0.05, 0.1) is 11.9 Å². The molecule has 0 saturated carbocycles. The number of nitrogens with one attached hydrogen (secondary N) is 1. The number of halogens is 1. The fraction of sp³-hybridized carbons (Fsp3) is 0.136. The third kappa shape index (κ3) is 5.61. The largest absolute Gasteiger partial charge is 0.457 e. The molecule has 3 aromatic rings. The van der Waals surface area contributed by atoms with E-state index in [1.807, 2.05) is 36.4 Å². The number of para-hydroxylation sites is 1. The van der Waals surface area contributed by atoms with E-state index in [4.69, 9.17) is 4.74 Å². The van der Waals surface area contributed by atoms with E-state index in [0.29, 0.717) is 22.9 Å². The van der Waals surface area contributed by atoms with E-state index >= 15 is 0 Å². The first-order valence-electron chi connectivity index (χ1n) is 9.13. The van der Waals surface area contributed by atoms with Gasteiger partial charge in [0, 0.05) is 10.2 Å². The molecule has 0 heterocycles. The zero-order valence-corrected chi connectivity index (χ0v) is 18.9. The zero-order chi connectivity index (χ0) is 21.7. The second kappa shape index (κ2) is 9.32. The fourth-order valence-corrected chi connectivity index (χ4v) is 4.48. The lowest BCUT2D eigenvalue weighted by molar-refractivity contribution is -0.116. The molecule has 0 aliphatic heterocycles. The van der Waals surface area contributed by atoms with Gasteiger partial charge >= 0.3 is 0 Å². The van der Waals surface area contributed by atoms with Crippen LogP contribution in [-0.2, 0) is 14.8 Å². The molecule has 1 N–H and O–H groups in total. The van der Waals surface area contributed by atoms with Crippen LogP contribution >= 0.6 is 15.9 Å². The number of rotatable bonds is 7. The maximum Gasteiger partial charge on any atom is 0.247 e. The molecule has 156 valence electrons. The van der Waals surface area contributed by atoms with E-state index in [1.165, 1.54) is 0 Å². The number of hydrogen-bond acceptors (Lipinski definition) is 4. The van der Waals surface area contributed by atoms with Gasteiger partial charge in [0.1, 0.15) is 17.5 Å². The van der Waals surface area contributed by atoms with Crippen LogP contribution in [0.25, 0.3) is 0 Å². The van der Waals surface area contributed by atoms with Crippen molar-refractivity contribution in [2.24, 2.45) is 0 Å². The number of anilines is 2. The molecule has 0 bridgehead atoms. The molecule has 0 unspecified atom stereocenters. The Morgan fingerprint density at radius 3 is 2.20 bits per heavy atom. The van der Waals surface area contributed by atoms with E-state index in [2.05, 4.69) is 21.2 Å². The maximum atomic E-state index is 12.7. The molecule has 30 heavy (non-hydrogen) atoms. The quantitative estimate of drug-likeness (QED) is 0.505. The molecule has 1 amide bonds. The lowest BCUT2D eigenvalue weighted by Gasteiger charge is -2.28. The van der Waals surface area contributed by atoms with Crippen LogP contribution in [-0.4, -0.2) is 26.6 Å². The smallest absolute Gasteiger partial charge is 0.247 e. The minimum absolute atomic E-state index is 0.370. The van der Waals surface area contributed by atoms with Gasteiger partial charge in [-0.3, -0.25) is 9.10 Å². The third-order valence-corrected chi connectivity index (χ3v) is 5.99. The molecular formula is C22H21BrN2O4S. The summed E-state index contributed by atoms with van der Waals surface area (Å²) in [5.41, 5.74) is 0.941. The molecule has 0 aliphatic rings. The predicted molar refractivity (Wildman–Crippen MR) is 123 cm³/mol. The second-order valence-corrected chi connectivity index (χ2v) is 9.42. The summed E-state index contributed by atoms with van der Waals surface area (Å²) in [6.45, 7) is 1.54. The van der Waals surface area contributed by atoms with Crippen molar-refractivity contribution in [2.45, 2.75) is 13.0 Å². The van der Waals surface area contributed by atoms with Crippen LogP contribution in [0.15, 0.2) is 83.3 Å². The molecule has 0 saturated heterocycles. The highest BCUT2D eigenvalue weighted by molar-refractivity contribution is 9.10. The van der Waals surface area contributed by atoms with Crippen molar-refractivity contribution in [3.05, 3.63) is 83.3 Å². The molecule has 0 aromatic heterocycles. The number of nitrogens with zero attached hydrogens (tertiary/aromatic N) is 1. The summed E-state index contributed by atoms with van der Waals surface area (Å²) in [5.74, 6) is 0.791. The van der Waals surface area contributed by atoms with Crippen LogP contribution in [0.4, 0.5) is 11.4 Å². The van der Waals surface area contributed by atoms with Crippen molar-refractivity contribution in [3.63, 3.8) is 0 Å². The first-order chi connectivity index (χ1) is 14.2. The van der Waals surface area contributed by atoms with Gasteiger partial charge in [0.25, 0.3) is 0 Å². The summed E-state index contributed by atoms with van der Waals surface area (Å²) < 4.78 is 32.6. The molecule has 6 nitrogen and oxygen atoms in total. The summed E-state index contributed by atoms with van der Waals surface area (Å²) in [7, 11) is -3.71. The Labute approximate surface area is 184 Å². The van der Waals surface area contributed by atoms with Crippen molar-refractivity contribution in [1.29, 1.82) is 0 Å². The van der Waals surface area contributed by atoms with Crippen LogP contribution in [0.3, 0.4) is 0 Å². The van der Waals surface area contributed by atoms with Gasteiger partial charge < -0.3 is 10.1 Å². The summed E-state index contributed by atoms with van der Waals surface area (Å²) in [6.07, 6.45) is 1.07. The average Bonchev–Trinajstić information content (AvgIpc) is 2.69. The van der Waals surface area contributed by atoms with Gasteiger partial charge in [-0.05, 0) is 61.5 Å². The highest BCUT2D eigenvalue weighted by Crippen LogP contribution is 2.27. The Bertz CT molecular complexity index is 1120. The van der Waals surface area contributed by atoms with Gasteiger partial charge in [0.15, 0.2) is 0 Å². The first kappa shape index (κ1) is 21.9. The molecule has 3 rings (SSSR count). The summed E-state index contributed by atoms with van der Waals surface area (Å²) in [5, 5.41) is 2.75. The van der Waals surface area contributed by atoms with Crippen molar-refractivity contribution in [3.8, 4) is 11.5 Å². The summed E-state index contributed by atoms with van der Waals surface area (Å²) in [6, 6.07) is 22.0. The summed E-state index contributed by atoms with van der Waals surface area (Å²) >= 11 is 3.35. The molecule has 0 radical (unpaired) electrons. The van der Waals surface area contributed by atoms with Gasteiger partial charge in [-0.25, -0.2) is 8.42 Å². The van der Waals surface area contributed by atoms with Gasteiger partial charge in [-0.1, -0.05) is 40.2 Å². The van der Waals surface area contributed by atoms with Crippen molar-refractivity contribution < 1.29 is 17.9 Å². The Morgan fingerprint density at radius 1 is 0.967 bits per heavy atom. The Kier molecular flexibility index (Phi) is 6.79. The highest BCUT2D eigenvalue weighted by atomic mass is 79.9.